The maximum absolute atomic E-state index is 13.1. The van der Waals surface area contributed by atoms with Crippen molar-refractivity contribution in [2.75, 3.05) is 13.2 Å². The number of Topliss-reactive ketones (excluding diaryl/α,β-unsaturated/α-hetero) is 1. The number of aryl methyl sites for hydroxylation is 1. The minimum Gasteiger partial charge on any atom is -0.503 e. The molecule has 0 saturated carbocycles. The molecular weight excluding hydrogens is 366 g/mol. The van der Waals surface area contributed by atoms with Crippen LogP contribution >= 0.6 is 0 Å². The van der Waals surface area contributed by atoms with Crippen LogP contribution < -0.4 is 4.74 Å². The topological polar surface area (TPSA) is 66.8 Å². The third-order valence-electron chi connectivity index (χ3n) is 5.04. The molecule has 1 atom stereocenters. The van der Waals surface area contributed by atoms with E-state index in [9.17, 15) is 14.7 Å². The average molecular weight is 393 g/mol. The van der Waals surface area contributed by atoms with E-state index in [0.717, 1.165) is 17.5 Å². The fourth-order valence-electron chi connectivity index (χ4n) is 3.73. The minimum atomic E-state index is -0.592. The molecule has 0 bridgehead atoms. The molecule has 2 aromatic rings. The molecule has 1 unspecified atom stereocenters. The average Bonchev–Trinajstić information content (AvgIpc) is 2.99. The van der Waals surface area contributed by atoms with Crippen LogP contribution in [-0.2, 0) is 16.0 Å². The number of ether oxygens (including phenoxy) is 1. The van der Waals surface area contributed by atoms with Crippen LogP contribution in [0.25, 0.3) is 0 Å². The molecular formula is C24H27NO4. The van der Waals surface area contributed by atoms with E-state index in [4.69, 9.17) is 4.74 Å². The summed E-state index contributed by atoms with van der Waals surface area (Å²) in [5.74, 6) is -0.438. The van der Waals surface area contributed by atoms with Gasteiger partial charge in [-0.25, -0.2) is 0 Å². The molecule has 1 heterocycles. The normalized spacial score (nSPS) is 16.4. The summed E-state index contributed by atoms with van der Waals surface area (Å²) in [6, 6.07) is 16.5. The number of rotatable bonds is 9. The summed E-state index contributed by atoms with van der Waals surface area (Å²) in [5.41, 5.74) is 2.00. The zero-order valence-corrected chi connectivity index (χ0v) is 16.9. The van der Waals surface area contributed by atoms with E-state index in [1.54, 1.807) is 4.90 Å². The monoisotopic (exact) mass is 393 g/mol. The van der Waals surface area contributed by atoms with Crippen molar-refractivity contribution in [1.29, 1.82) is 0 Å². The van der Waals surface area contributed by atoms with Gasteiger partial charge in [0.2, 0.25) is 0 Å². The third kappa shape index (κ3) is 4.50. The fourth-order valence-corrected chi connectivity index (χ4v) is 3.73. The summed E-state index contributed by atoms with van der Waals surface area (Å²) in [6.07, 6.45) is 1.52. The smallest absolute Gasteiger partial charge is 0.290 e. The molecule has 0 spiro atoms. The number of carbonyl (C=O) groups excluding carboxylic acids is 2. The van der Waals surface area contributed by atoms with Gasteiger partial charge in [-0.1, -0.05) is 49.4 Å². The molecule has 0 radical (unpaired) electrons. The highest BCUT2D eigenvalue weighted by molar-refractivity contribution is 6.09. The number of benzene rings is 2. The van der Waals surface area contributed by atoms with Crippen LogP contribution in [0.2, 0.25) is 0 Å². The van der Waals surface area contributed by atoms with E-state index in [0.29, 0.717) is 25.3 Å². The lowest BCUT2D eigenvalue weighted by Crippen LogP contribution is -2.31. The molecule has 2 aromatic carbocycles. The Morgan fingerprint density at radius 1 is 1.10 bits per heavy atom. The molecule has 29 heavy (non-hydrogen) atoms. The Morgan fingerprint density at radius 3 is 2.55 bits per heavy atom. The first kappa shape index (κ1) is 20.6. The molecule has 5 heteroatoms. The van der Waals surface area contributed by atoms with Gasteiger partial charge < -0.3 is 14.7 Å². The van der Waals surface area contributed by atoms with Crippen molar-refractivity contribution in [3.8, 4) is 5.75 Å². The first-order valence-electron chi connectivity index (χ1n) is 10.1. The first-order valence-corrected chi connectivity index (χ1v) is 10.1. The largest absolute Gasteiger partial charge is 0.503 e. The van der Waals surface area contributed by atoms with E-state index >= 15 is 0 Å². The number of aliphatic hydroxyl groups excluding tert-OH is 1. The van der Waals surface area contributed by atoms with Crippen LogP contribution in [0.15, 0.2) is 65.9 Å². The quantitative estimate of drug-likeness (QED) is 0.686. The zero-order chi connectivity index (χ0) is 20.8. The van der Waals surface area contributed by atoms with Gasteiger partial charge in [0.1, 0.15) is 5.75 Å². The maximum atomic E-state index is 13.1. The summed E-state index contributed by atoms with van der Waals surface area (Å²) in [7, 11) is 0. The van der Waals surface area contributed by atoms with Crippen LogP contribution in [0.4, 0.5) is 0 Å². The second kappa shape index (κ2) is 9.41. The van der Waals surface area contributed by atoms with Gasteiger partial charge in [-0.2, -0.15) is 0 Å². The molecule has 0 saturated heterocycles. The Morgan fingerprint density at radius 2 is 1.86 bits per heavy atom. The second-order valence-electron chi connectivity index (χ2n) is 7.08. The number of aliphatic hydroxyl groups is 1. The predicted molar refractivity (Wildman–Crippen MR) is 112 cm³/mol. The summed E-state index contributed by atoms with van der Waals surface area (Å²) in [6.45, 7) is 4.85. The van der Waals surface area contributed by atoms with Crippen molar-refractivity contribution in [2.45, 2.75) is 39.2 Å². The highest BCUT2D eigenvalue weighted by Crippen LogP contribution is 2.39. The summed E-state index contributed by atoms with van der Waals surface area (Å²) in [5, 5.41) is 10.6. The number of hydrogen-bond donors (Lipinski definition) is 1. The molecule has 0 fully saturated rings. The first-order chi connectivity index (χ1) is 14.1. The van der Waals surface area contributed by atoms with Gasteiger partial charge in [0.05, 0.1) is 18.2 Å². The Balaban J connectivity index is 1.92. The zero-order valence-electron chi connectivity index (χ0n) is 16.9. The van der Waals surface area contributed by atoms with Gasteiger partial charge >= 0.3 is 0 Å². The second-order valence-corrected chi connectivity index (χ2v) is 7.08. The number of hydrogen-bond acceptors (Lipinski definition) is 4. The standard InChI is InChI=1S/C24H27NO4/c1-3-15-25-22(18-11-8-12-19(16-18)29-4-2)21(23(27)24(25)28)20(26)14-13-17-9-6-5-7-10-17/h5-12,16,22,27H,3-4,13-15H2,1-2H3. The molecule has 5 nitrogen and oxygen atoms in total. The van der Waals surface area contributed by atoms with Gasteiger partial charge in [-0.15, -0.1) is 0 Å². The van der Waals surface area contributed by atoms with E-state index < -0.39 is 17.7 Å². The molecule has 3 rings (SSSR count). The van der Waals surface area contributed by atoms with Crippen molar-refractivity contribution < 1.29 is 19.4 Å². The van der Waals surface area contributed by atoms with Crippen molar-refractivity contribution in [3.63, 3.8) is 0 Å². The predicted octanol–water partition coefficient (Wildman–Crippen LogP) is 4.39. The molecule has 152 valence electrons. The maximum Gasteiger partial charge on any atom is 0.290 e. The van der Waals surface area contributed by atoms with E-state index in [2.05, 4.69) is 0 Å². The molecule has 0 aromatic heterocycles. The van der Waals surface area contributed by atoms with E-state index in [1.807, 2.05) is 68.4 Å². The molecule has 0 aliphatic carbocycles. The Bertz CT molecular complexity index is 904. The van der Waals surface area contributed by atoms with Crippen LogP contribution in [0.5, 0.6) is 5.75 Å². The van der Waals surface area contributed by atoms with E-state index in [1.165, 1.54) is 0 Å². The third-order valence-corrected chi connectivity index (χ3v) is 5.04. The fraction of sp³-hybridized carbons (Fsp3) is 0.333. The van der Waals surface area contributed by atoms with Crippen LogP contribution in [0.3, 0.4) is 0 Å². The van der Waals surface area contributed by atoms with Gasteiger partial charge in [0, 0.05) is 13.0 Å². The molecule has 1 N–H and O–H groups in total. The van der Waals surface area contributed by atoms with Crippen LogP contribution in [0.1, 0.15) is 43.9 Å². The van der Waals surface area contributed by atoms with Crippen molar-refractivity contribution in [2.24, 2.45) is 0 Å². The van der Waals surface area contributed by atoms with Crippen molar-refractivity contribution >= 4 is 11.7 Å². The number of amides is 1. The van der Waals surface area contributed by atoms with Gasteiger partial charge in [0.25, 0.3) is 5.91 Å². The molecule has 1 amide bonds. The summed E-state index contributed by atoms with van der Waals surface area (Å²) in [4.78, 5) is 27.4. The van der Waals surface area contributed by atoms with Gasteiger partial charge in [-0.05, 0) is 43.0 Å². The highest BCUT2D eigenvalue weighted by atomic mass is 16.5. The SMILES string of the molecule is CCCN1C(=O)C(O)=C(C(=O)CCc2ccccc2)C1c1cccc(OCC)c1. The lowest BCUT2D eigenvalue weighted by Gasteiger charge is -2.26. The summed E-state index contributed by atoms with van der Waals surface area (Å²) < 4.78 is 5.59. The van der Waals surface area contributed by atoms with Gasteiger partial charge in [0.15, 0.2) is 11.5 Å². The van der Waals surface area contributed by atoms with Crippen molar-refractivity contribution in [1.82, 2.24) is 4.90 Å². The van der Waals surface area contributed by atoms with Crippen molar-refractivity contribution in [3.05, 3.63) is 77.1 Å². The van der Waals surface area contributed by atoms with E-state index in [-0.39, 0.29) is 17.8 Å². The Hall–Kier alpha value is -3.08. The number of carbonyl (C=O) groups is 2. The molecule has 1 aliphatic rings. The summed E-state index contributed by atoms with van der Waals surface area (Å²) >= 11 is 0. The minimum absolute atomic E-state index is 0.188. The Labute approximate surface area is 171 Å². The Kier molecular flexibility index (Phi) is 6.70. The highest BCUT2D eigenvalue weighted by Gasteiger charge is 2.42. The lowest BCUT2D eigenvalue weighted by atomic mass is 9.93. The molecule has 1 aliphatic heterocycles. The number of nitrogens with zero attached hydrogens (tertiary/aromatic N) is 1. The number of ketones is 1. The van der Waals surface area contributed by atoms with Gasteiger partial charge in [-0.3, -0.25) is 9.59 Å². The van der Waals surface area contributed by atoms with Crippen LogP contribution in [0, 0.1) is 0 Å². The lowest BCUT2D eigenvalue weighted by molar-refractivity contribution is -0.129. The van der Waals surface area contributed by atoms with Crippen LogP contribution in [-0.4, -0.2) is 34.8 Å².